The van der Waals surface area contributed by atoms with Crippen molar-refractivity contribution in [2.24, 2.45) is 0 Å². The Labute approximate surface area is 206 Å². The lowest BCUT2D eigenvalue weighted by atomic mass is 10.1. The molecule has 0 unspecified atom stereocenters. The van der Waals surface area contributed by atoms with Crippen molar-refractivity contribution >= 4 is 35.1 Å². The summed E-state index contributed by atoms with van der Waals surface area (Å²) >= 11 is 1.10. The molecule has 182 valence electrons. The van der Waals surface area contributed by atoms with Crippen LogP contribution in [0, 0.1) is 13.8 Å². The number of ether oxygens (including phenoxy) is 3. The molecule has 1 aliphatic heterocycles. The van der Waals surface area contributed by atoms with Gasteiger partial charge in [0, 0.05) is 41.4 Å². The number of aromatic nitrogens is 2. The third kappa shape index (κ3) is 5.48. The number of esters is 1. The van der Waals surface area contributed by atoms with Crippen molar-refractivity contribution in [3.05, 3.63) is 65.1 Å². The Morgan fingerprint density at radius 3 is 2.69 bits per heavy atom. The molecular weight excluding hydrogens is 470 g/mol. The van der Waals surface area contributed by atoms with Crippen LogP contribution in [0.5, 0.6) is 11.5 Å². The van der Waals surface area contributed by atoms with Crippen LogP contribution in [0.1, 0.15) is 39.0 Å². The van der Waals surface area contributed by atoms with Gasteiger partial charge in [0.2, 0.25) is 18.5 Å². The van der Waals surface area contributed by atoms with Gasteiger partial charge in [0.25, 0.3) is 0 Å². The third-order valence-electron chi connectivity index (χ3n) is 5.51. The highest BCUT2D eigenvalue weighted by Crippen LogP contribution is 2.34. The number of fused-ring (bicyclic) bond motifs is 1. The predicted molar refractivity (Wildman–Crippen MR) is 130 cm³/mol. The summed E-state index contributed by atoms with van der Waals surface area (Å²) in [5, 5.41) is 3.12. The van der Waals surface area contributed by atoms with Gasteiger partial charge < -0.3 is 24.1 Å². The van der Waals surface area contributed by atoms with Crippen molar-refractivity contribution in [2.45, 2.75) is 32.3 Å². The van der Waals surface area contributed by atoms with Crippen LogP contribution in [-0.4, -0.2) is 46.4 Å². The highest BCUT2D eigenvalue weighted by molar-refractivity contribution is 8.00. The molecule has 1 aromatic carbocycles. The molecule has 0 saturated heterocycles. The van der Waals surface area contributed by atoms with E-state index in [1.54, 1.807) is 36.4 Å². The van der Waals surface area contributed by atoms with Crippen molar-refractivity contribution < 1.29 is 28.6 Å². The van der Waals surface area contributed by atoms with Crippen LogP contribution in [0.2, 0.25) is 0 Å². The molecule has 10 heteroatoms. The molecule has 0 atom stereocenters. The molecule has 0 spiro atoms. The highest BCUT2D eigenvalue weighted by atomic mass is 32.2. The fourth-order valence-electron chi connectivity index (χ4n) is 3.82. The first-order chi connectivity index (χ1) is 16.9. The molecule has 1 N–H and O–H groups in total. The number of rotatable bonds is 9. The average molecular weight is 496 g/mol. The Kier molecular flexibility index (Phi) is 7.40. The number of hydrogen-bond donors (Lipinski definition) is 1. The van der Waals surface area contributed by atoms with Crippen molar-refractivity contribution in [3.63, 3.8) is 0 Å². The molecular formula is C25H25N3O6S. The highest BCUT2D eigenvalue weighted by Gasteiger charge is 2.20. The second-order valence-corrected chi connectivity index (χ2v) is 8.75. The number of nitrogens with one attached hydrogen (secondary N) is 1. The quantitative estimate of drug-likeness (QED) is 0.269. The van der Waals surface area contributed by atoms with Crippen LogP contribution in [0.3, 0.4) is 0 Å². The van der Waals surface area contributed by atoms with Crippen LogP contribution < -0.4 is 14.8 Å². The van der Waals surface area contributed by atoms with E-state index in [1.165, 1.54) is 6.20 Å². The minimum Gasteiger partial charge on any atom is -0.454 e. The van der Waals surface area contributed by atoms with E-state index in [1.807, 2.05) is 25.3 Å². The Morgan fingerprint density at radius 1 is 1.11 bits per heavy atom. The van der Waals surface area contributed by atoms with E-state index in [0.717, 1.165) is 29.7 Å². The standard InChI is InChI=1S/C25H25N3O6S/c1-4-28-15(2)10-19(16(28)3)20(29)12-32-25(31)18-6-5-9-26-24(18)35-13-23(30)27-17-7-8-21-22(11-17)34-14-33-21/h5-11H,4,12-14H2,1-3H3,(H,27,30). The molecule has 0 fully saturated rings. The summed E-state index contributed by atoms with van der Waals surface area (Å²) in [7, 11) is 0. The summed E-state index contributed by atoms with van der Waals surface area (Å²) in [6.07, 6.45) is 1.53. The minimum atomic E-state index is -0.672. The predicted octanol–water partition coefficient (Wildman–Crippen LogP) is 4.02. The van der Waals surface area contributed by atoms with Gasteiger partial charge in [-0.25, -0.2) is 9.78 Å². The summed E-state index contributed by atoms with van der Waals surface area (Å²) in [5.41, 5.74) is 3.13. The topological polar surface area (TPSA) is 109 Å². The molecule has 9 nitrogen and oxygen atoms in total. The van der Waals surface area contributed by atoms with Gasteiger partial charge in [-0.1, -0.05) is 11.8 Å². The van der Waals surface area contributed by atoms with Gasteiger partial charge in [0.05, 0.1) is 11.3 Å². The fraction of sp³-hybridized carbons (Fsp3) is 0.280. The number of amides is 1. The number of thioether (sulfide) groups is 1. The van der Waals surface area contributed by atoms with Gasteiger partial charge >= 0.3 is 5.97 Å². The van der Waals surface area contributed by atoms with Crippen LogP contribution >= 0.6 is 11.8 Å². The first kappa shape index (κ1) is 24.3. The number of carbonyl (C=O) groups is 3. The minimum absolute atomic E-state index is 0.0215. The molecule has 4 rings (SSSR count). The number of pyridine rings is 1. The molecule has 3 heterocycles. The van der Waals surface area contributed by atoms with E-state index < -0.39 is 5.97 Å². The second kappa shape index (κ2) is 10.6. The molecule has 2 aromatic heterocycles. The third-order valence-corrected chi connectivity index (χ3v) is 6.52. The number of aryl methyl sites for hydroxylation is 1. The average Bonchev–Trinajstić information content (AvgIpc) is 3.44. The van der Waals surface area contributed by atoms with Crippen LogP contribution in [-0.2, 0) is 16.1 Å². The number of benzene rings is 1. The monoisotopic (exact) mass is 495 g/mol. The lowest BCUT2D eigenvalue weighted by Crippen LogP contribution is -2.17. The van der Waals surface area contributed by atoms with Crippen LogP contribution in [0.25, 0.3) is 0 Å². The lowest BCUT2D eigenvalue weighted by Gasteiger charge is -2.09. The maximum Gasteiger partial charge on any atom is 0.341 e. The number of carbonyl (C=O) groups excluding carboxylic acids is 3. The maximum atomic E-state index is 12.7. The normalized spacial score (nSPS) is 11.9. The van der Waals surface area contributed by atoms with E-state index in [2.05, 4.69) is 10.3 Å². The number of hydrogen-bond acceptors (Lipinski definition) is 8. The first-order valence-corrected chi connectivity index (χ1v) is 12.0. The zero-order valence-electron chi connectivity index (χ0n) is 19.6. The number of ketones is 1. The molecule has 0 bridgehead atoms. The lowest BCUT2D eigenvalue weighted by molar-refractivity contribution is -0.113. The smallest absolute Gasteiger partial charge is 0.341 e. The summed E-state index contributed by atoms with van der Waals surface area (Å²) < 4.78 is 17.9. The van der Waals surface area contributed by atoms with Gasteiger partial charge in [-0.2, -0.15) is 0 Å². The molecule has 0 aliphatic carbocycles. The van der Waals surface area contributed by atoms with E-state index in [0.29, 0.717) is 27.8 Å². The summed E-state index contributed by atoms with van der Waals surface area (Å²) in [6, 6.07) is 10.1. The molecule has 35 heavy (non-hydrogen) atoms. The van der Waals surface area contributed by atoms with E-state index >= 15 is 0 Å². The van der Waals surface area contributed by atoms with Crippen molar-refractivity contribution in [1.29, 1.82) is 0 Å². The van der Waals surface area contributed by atoms with Crippen molar-refractivity contribution in [3.8, 4) is 11.5 Å². The molecule has 0 saturated carbocycles. The zero-order chi connectivity index (χ0) is 24.9. The van der Waals surface area contributed by atoms with Crippen LogP contribution in [0.15, 0.2) is 47.6 Å². The van der Waals surface area contributed by atoms with Gasteiger partial charge in [-0.3, -0.25) is 9.59 Å². The van der Waals surface area contributed by atoms with E-state index in [9.17, 15) is 14.4 Å². The Hall–Kier alpha value is -3.79. The van der Waals surface area contributed by atoms with Crippen molar-refractivity contribution in [1.82, 2.24) is 9.55 Å². The first-order valence-electron chi connectivity index (χ1n) is 11.0. The van der Waals surface area contributed by atoms with Gasteiger partial charge in [-0.05, 0) is 51.1 Å². The Bertz CT molecular complexity index is 1290. The fourth-order valence-corrected chi connectivity index (χ4v) is 4.61. The summed E-state index contributed by atoms with van der Waals surface area (Å²) in [6.45, 7) is 6.33. The van der Waals surface area contributed by atoms with Gasteiger partial charge in [-0.15, -0.1) is 0 Å². The van der Waals surface area contributed by atoms with Gasteiger partial charge in [0.15, 0.2) is 18.1 Å². The van der Waals surface area contributed by atoms with Gasteiger partial charge in [0.1, 0.15) is 5.03 Å². The molecule has 0 radical (unpaired) electrons. The van der Waals surface area contributed by atoms with Crippen LogP contribution in [0.4, 0.5) is 5.69 Å². The maximum absolute atomic E-state index is 12.7. The largest absolute Gasteiger partial charge is 0.454 e. The zero-order valence-corrected chi connectivity index (χ0v) is 20.4. The SMILES string of the molecule is CCn1c(C)cc(C(=O)COC(=O)c2cccnc2SCC(=O)Nc2ccc3c(c2)OCO3)c1C. The number of nitrogens with zero attached hydrogens (tertiary/aromatic N) is 2. The summed E-state index contributed by atoms with van der Waals surface area (Å²) in [5.74, 6) is -0.00705. The second-order valence-electron chi connectivity index (χ2n) is 7.79. The molecule has 1 amide bonds. The Balaban J connectivity index is 1.34. The van der Waals surface area contributed by atoms with E-state index in [-0.39, 0.29) is 36.4 Å². The molecule has 3 aromatic rings. The Morgan fingerprint density at radius 2 is 1.91 bits per heavy atom. The number of anilines is 1. The summed E-state index contributed by atoms with van der Waals surface area (Å²) in [4.78, 5) is 42.0. The van der Waals surface area contributed by atoms with Crippen molar-refractivity contribution in [2.75, 3.05) is 24.5 Å². The van der Waals surface area contributed by atoms with E-state index in [4.69, 9.17) is 14.2 Å². The molecule has 1 aliphatic rings. The number of Topliss-reactive ketones (excluding diaryl/α,β-unsaturated/α-hetero) is 1.